The number of unbranched alkanes of at least 4 members (excludes halogenated alkanes) is 3. The van der Waals surface area contributed by atoms with E-state index in [1.807, 2.05) is 0 Å². The molecule has 3 heteroatoms. The lowest BCUT2D eigenvalue weighted by atomic mass is 10.2. The first kappa shape index (κ1) is 11.1. The summed E-state index contributed by atoms with van der Waals surface area (Å²) < 4.78 is 16.8. The first-order valence-corrected chi connectivity index (χ1v) is 4.16. The van der Waals surface area contributed by atoms with E-state index in [-0.39, 0.29) is 0 Å². The van der Waals surface area contributed by atoms with Crippen molar-refractivity contribution in [3.63, 3.8) is 0 Å². The second-order valence-corrected chi connectivity index (χ2v) is 2.54. The second kappa shape index (κ2) is 6.83. The van der Waals surface area contributed by atoms with E-state index >= 15 is 0 Å². The monoisotopic (exact) mass is 174 g/mol. The minimum atomic E-state index is -0.883. The Kier molecular flexibility index (Phi) is 6.34. The van der Waals surface area contributed by atoms with Gasteiger partial charge in [0.05, 0.1) is 7.11 Å². The molecule has 0 aliphatic rings. The van der Waals surface area contributed by atoms with Gasteiger partial charge in [-0.2, -0.15) is 4.39 Å². The predicted molar refractivity (Wildman–Crippen MR) is 45.3 cm³/mol. The number of rotatable bonds is 5. The maximum atomic E-state index is 12.6. The fraction of sp³-hybridized carbons (Fsp3) is 0.667. The van der Waals surface area contributed by atoms with E-state index in [4.69, 9.17) is 0 Å². The third kappa shape index (κ3) is 4.88. The highest BCUT2D eigenvalue weighted by Crippen LogP contribution is 2.05. The van der Waals surface area contributed by atoms with Crippen molar-refractivity contribution in [2.45, 2.75) is 32.6 Å². The maximum absolute atomic E-state index is 12.6. The van der Waals surface area contributed by atoms with Crippen molar-refractivity contribution in [1.82, 2.24) is 0 Å². The molecule has 0 amide bonds. The molecule has 0 spiro atoms. The van der Waals surface area contributed by atoms with Crippen LogP contribution in [0.3, 0.4) is 0 Å². The normalized spacial score (nSPS) is 11.4. The van der Waals surface area contributed by atoms with Gasteiger partial charge in [0.15, 0.2) is 0 Å². The Hall–Kier alpha value is -0.860. The van der Waals surface area contributed by atoms with Crippen molar-refractivity contribution in [2.75, 3.05) is 7.11 Å². The van der Waals surface area contributed by atoms with Gasteiger partial charge in [-0.15, -0.1) is 0 Å². The van der Waals surface area contributed by atoms with Crippen LogP contribution in [0.25, 0.3) is 0 Å². The van der Waals surface area contributed by atoms with Gasteiger partial charge in [0, 0.05) is 0 Å². The highest BCUT2D eigenvalue weighted by molar-refractivity contribution is 5.85. The first-order valence-electron chi connectivity index (χ1n) is 4.16. The molecule has 12 heavy (non-hydrogen) atoms. The molecule has 70 valence electrons. The molecule has 0 heterocycles. The molecule has 0 atom stereocenters. The van der Waals surface area contributed by atoms with Gasteiger partial charge in [0.1, 0.15) is 0 Å². The van der Waals surface area contributed by atoms with E-state index in [9.17, 15) is 9.18 Å². The lowest BCUT2D eigenvalue weighted by Crippen LogP contribution is -1.99. The summed E-state index contributed by atoms with van der Waals surface area (Å²) in [5.74, 6) is -1.67. The number of hydrogen-bond donors (Lipinski definition) is 0. The maximum Gasteiger partial charge on any atom is 0.366 e. The van der Waals surface area contributed by atoms with Crippen molar-refractivity contribution in [1.29, 1.82) is 0 Å². The second-order valence-electron chi connectivity index (χ2n) is 2.54. The van der Waals surface area contributed by atoms with E-state index in [0.717, 1.165) is 19.3 Å². The molecular formula is C9H15FO2. The van der Waals surface area contributed by atoms with Crippen molar-refractivity contribution < 1.29 is 13.9 Å². The minimum Gasteiger partial charge on any atom is -0.464 e. The van der Waals surface area contributed by atoms with E-state index in [0.29, 0.717) is 6.42 Å². The average Bonchev–Trinajstić information content (AvgIpc) is 2.10. The van der Waals surface area contributed by atoms with Crippen LogP contribution in [-0.4, -0.2) is 13.1 Å². The van der Waals surface area contributed by atoms with Crippen LogP contribution < -0.4 is 0 Å². The smallest absolute Gasteiger partial charge is 0.366 e. The Bertz CT molecular complexity index is 164. The Labute approximate surface area is 72.4 Å². The summed E-state index contributed by atoms with van der Waals surface area (Å²) in [6.07, 6.45) is 4.95. The summed E-state index contributed by atoms with van der Waals surface area (Å²) in [6, 6.07) is 0. The fourth-order valence-electron chi connectivity index (χ4n) is 0.804. The van der Waals surface area contributed by atoms with Gasteiger partial charge in [0.25, 0.3) is 0 Å². The van der Waals surface area contributed by atoms with E-state index in [2.05, 4.69) is 11.7 Å². The third-order valence-electron chi connectivity index (χ3n) is 1.51. The van der Waals surface area contributed by atoms with Gasteiger partial charge in [-0.1, -0.05) is 19.8 Å². The molecule has 0 saturated carbocycles. The summed E-state index contributed by atoms with van der Waals surface area (Å²) >= 11 is 0. The van der Waals surface area contributed by atoms with Crippen molar-refractivity contribution in [2.24, 2.45) is 0 Å². The van der Waals surface area contributed by atoms with Crippen LogP contribution in [0.4, 0.5) is 4.39 Å². The van der Waals surface area contributed by atoms with E-state index in [1.54, 1.807) is 0 Å². The Morgan fingerprint density at radius 2 is 2.17 bits per heavy atom. The van der Waals surface area contributed by atoms with E-state index in [1.165, 1.54) is 13.2 Å². The Morgan fingerprint density at radius 1 is 1.50 bits per heavy atom. The predicted octanol–water partition coefficient (Wildman–Crippen LogP) is 2.59. The summed E-state index contributed by atoms with van der Waals surface area (Å²) in [4.78, 5) is 10.5. The van der Waals surface area contributed by atoms with Crippen molar-refractivity contribution in [3.8, 4) is 0 Å². The molecule has 0 radical (unpaired) electrons. The highest BCUT2D eigenvalue weighted by atomic mass is 19.1. The SMILES string of the molecule is CCCCC/C=C(\F)C(=O)OC. The molecule has 0 bridgehead atoms. The molecule has 0 unspecified atom stereocenters. The quantitative estimate of drug-likeness (QED) is 0.364. The molecule has 0 aliphatic heterocycles. The van der Waals surface area contributed by atoms with Crippen LogP contribution in [0, 0.1) is 0 Å². The number of allylic oxidation sites excluding steroid dienone is 1. The summed E-state index contributed by atoms with van der Waals surface area (Å²) in [5.41, 5.74) is 0. The minimum absolute atomic E-state index is 0.606. The molecule has 0 saturated heterocycles. The van der Waals surface area contributed by atoms with Crippen LogP contribution >= 0.6 is 0 Å². The number of methoxy groups -OCH3 is 1. The molecule has 0 rings (SSSR count). The molecule has 0 aromatic rings. The van der Waals surface area contributed by atoms with Gasteiger partial charge in [-0.25, -0.2) is 4.79 Å². The Morgan fingerprint density at radius 3 is 2.67 bits per heavy atom. The zero-order valence-corrected chi connectivity index (χ0v) is 7.60. The molecule has 0 fully saturated rings. The van der Waals surface area contributed by atoms with Crippen LogP contribution in [-0.2, 0) is 9.53 Å². The molecular weight excluding hydrogens is 159 g/mol. The van der Waals surface area contributed by atoms with Gasteiger partial charge < -0.3 is 4.74 Å². The lowest BCUT2D eigenvalue weighted by molar-refractivity contribution is -0.137. The standard InChI is InChI=1S/C9H15FO2/c1-3-4-5-6-7-8(10)9(11)12-2/h7H,3-6H2,1-2H3/b8-7-. The van der Waals surface area contributed by atoms with Crippen LogP contribution in [0.15, 0.2) is 11.9 Å². The lowest BCUT2D eigenvalue weighted by Gasteiger charge is -1.95. The van der Waals surface area contributed by atoms with Crippen molar-refractivity contribution in [3.05, 3.63) is 11.9 Å². The molecule has 2 nitrogen and oxygen atoms in total. The number of esters is 1. The number of hydrogen-bond acceptors (Lipinski definition) is 2. The fourth-order valence-corrected chi connectivity index (χ4v) is 0.804. The summed E-state index contributed by atoms with van der Waals surface area (Å²) in [5, 5.41) is 0. The number of carbonyl (C=O) groups excluding carboxylic acids is 1. The van der Waals surface area contributed by atoms with Gasteiger partial charge >= 0.3 is 5.97 Å². The highest BCUT2D eigenvalue weighted by Gasteiger charge is 2.05. The average molecular weight is 174 g/mol. The molecule has 0 aliphatic carbocycles. The van der Waals surface area contributed by atoms with Crippen LogP contribution in [0.1, 0.15) is 32.6 Å². The molecule has 0 aromatic heterocycles. The summed E-state index contributed by atoms with van der Waals surface area (Å²) in [6.45, 7) is 2.07. The first-order chi connectivity index (χ1) is 5.72. The topological polar surface area (TPSA) is 26.3 Å². The third-order valence-corrected chi connectivity index (χ3v) is 1.51. The number of ether oxygens (including phenoxy) is 1. The molecule has 0 N–H and O–H groups in total. The van der Waals surface area contributed by atoms with Gasteiger partial charge in [-0.05, 0) is 18.9 Å². The van der Waals surface area contributed by atoms with Gasteiger partial charge in [0.2, 0.25) is 5.83 Å². The van der Waals surface area contributed by atoms with Crippen molar-refractivity contribution >= 4 is 5.97 Å². The van der Waals surface area contributed by atoms with Crippen LogP contribution in [0.5, 0.6) is 0 Å². The number of carbonyl (C=O) groups is 1. The zero-order chi connectivity index (χ0) is 9.40. The Balaban J connectivity index is 3.61. The largest absolute Gasteiger partial charge is 0.464 e. The van der Waals surface area contributed by atoms with Crippen LogP contribution in [0.2, 0.25) is 0 Å². The van der Waals surface area contributed by atoms with E-state index < -0.39 is 11.8 Å². The summed E-state index contributed by atoms with van der Waals surface area (Å²) in [7, 11) is 1.17. The number of halogens is 1. The zero-order valence-electron chi connectivity index (χ0n) is 7.60. The van der Waals surface area contributed by atoms with Gasteiger partial charge in [-0.3, -0.25) is 0 Å². The molecule has 0 aromatic carbocycles.